The lowest BCUT2D eigenvalue weighted by atomic mass is 10.2. The number of hydrogen-bond donors (Lipinski definition) is 2. The molecule has 2 atom stereocenters. The summed E-state index contributed by atoms with van der Waals surface area (Å²) in [7, 11) is 0. The van der Waals surface area contributed by atoms with E-state index >= 15 is 0 Å². The normalized spacial score (nSPS) is 20.7. The average molecular weight is 339 g/mol. The van der Waals surface area contributed by atoms with Crippen molar-refractivity contribution in [3.63, 3.8) is 0 Å². The Morgan fingerprint density at radius 1 is 1.33 bits per heavy atom. The Morgan fingerprint density at radius 3 is 2.67 bits per heavy atom. The Hall–Kier alpha value is -1.67. The van der Waals surface area contributed by atoms with Crippen LogP contribution in [0.1, 0.15) is 19.4 Å². The van der Waals surface area contributed by atoms with Crippen LogP contribution in [-0.2, 0) is 25.6 Å². The van der Waals surface area contributed by atoms with Crippen molar-refractivity contribution < 1.29 is 28.8 Å². The summed E-state index contributed by atoms with van der Waals surface area (Å²) in [5.41, 5.74) is 1.03. The van der Waals surface area contributed by atoms with Gasteiger partial charge in [0.2, 0.25) is 0 Å². The van der Waals surface area contributed by atoms with Crippen LogP contribution in [0.5, 0.6) is 0 Å². The maximum atomic E-state index is 10.9. The lowest BCUT2D eigenvalue weighted by Gasteiger charge is -2.19. The van der Waals surface area contributed by atoms with Crippen LogP contribution >= 0.6 is 0 Å². The Bertz CT molecular complexity index is 507. The predicted octanol–water partition coefficient (Wildman–Crippen LogP) is 2.01. The fourth-order valence-electron chi connectivity index (χ4n) is 2.39. The van der Waals surface area contributed by atoms with Crippen molar-refractivity contribution >= 4 is 6.09 Å². The van der Waals surface area contributed by atoms with Gasteiger partial charge in [-0.2, -0.15) is 0 Å². The molecule has 1 heterocycles. The largest absolute Gasteiger partial charge is 0.465 e. The van der Waals surface area contributed by atoms with E-state index in [2.05, 4.69) is 5.32 Å². The van der Waals surface area contributed by atoms with Gasteiger partial charge in [-0.05, 0) is 19.4 Å². The lowest BCUT2D eigenvalue weighted by Crippen LogP contribution is -2.41. The average Bonchev–Trinajstić information content (AvgIpc) is 2.87. The van der Waals surface area contributed by atoms with Gasteiger partial charge in [-0.1, -0.05) is 30.3 Å². The second kappa shape index (κ2) is 8.98. The van der Waals surface area contributed by atoms with Crippen LogP contribution in [0.15, 0.2) is 30.3 Å². The van der Waals surface area contributed by atoms with Crippen molar-refractivity contribution in [2.45, 2.75) is 38.4 Å². The highest BCUT2D eigenvalue weighted by Crippen LogP contribution is 2.22. The van der Waals surface area contributed by atoms with E-state index in [1.807, 2.05) is 44.2 Å². The number of benzene rings is 1. The number of nitrogens with one attached hydrogen (secondary N) is 1. The van der Waals surface area contributed by atoms with E-state index in [9.17, 15) is 4.79 Å². The molecule has 0 radical (unpaired) electrons. The number of carboxylic acid groups (broad SMARTS) is 1. The van der Waals surface area contributed by atoms with E-state index in [1.165, 1.54) is 0 Å². The third-order valence-electron chi connectivity index (χ3n) is 3.45. The van der Waals surface area contributed by atoms with Crippen molar-refractivity contribution in [3.05, 3.63) is 35.9 Å². The van der Waals surface area contributed by atoms with Crippen LogP contribution in [0.2, 0.25) is 0 Å². The molecule has 1 aromatic rings. The zero-order chi connectivity index (χ0) is 17.4. The molecule has 134 valence electrons. The van der Waals surface area contributed by atoms with Crippen molar-refractivity contribution in [1.82, 2.24) is 5.32 Å². The summed E-state index contributed by atoms with van der Waals surface area (Å²) in [6.45, 7) is 5.37. The second-order valence-corrected chi connectivity index (χ2v) is 6.14. The summed E-state index contributed by atoms with van der Waals surface area (Å²) < 4.78 is 22.2. The number of rotatable bonds is 9. The minimum atomic E-state index is -1.10. The molecule has 2 unspecified atom stereocenters. The smallest absolute Gasteiger partial charge is 0.405 e. The van der Waals surface area contributed by atoms with Crippen molar-refractivity contribution in [2.24, 2.45) is 0 Å². The van der Waals surface area contributed by atoms with Crippen LogP contribution in [0, 0.1) is 0 Å². The molecule has 7 nitrogen and oxygen atoms in total. The summed E-state index contributed by atoms with van der Waals surface area (Å²) >= 11 is 0. The standard InChI is InChI=1S/C17H25NO6/c1-17(2)23-12-15(24-17)11-22-10-14(18-16(19)20)9-21-8-13-6-4-3-5-7-13/h3-7,14-15,18H,8-12H2,1-2H3,(H,19,20). The van der Waals surface area contributed by atoms with E-state index < -0.39 is 17.9 Å². The van der Waals surface area contributed by atoms with Crippen molar-refractivity contribution in [3.8, 4) is 0 Å². The Labute approximate surface area is 141 Å². The summed E-state index contributed by atoms with van der Waals surface area (Å²) in [6.07, 6.45) is -1.25. The molecule has 7 heteroatoms. The molecule has 1 saturated heterocycles. The molecular formula is C17H25NO6. The fraction of sp³-hybridized carbons (Fsp3) is 0.588. The first-order chi connectivity index (χ1) is 11.4. The van der Waals surface area contributed by atoms with Gasteiger partial charge < -0.3 is 29.4 Å². The highest BCUT2D eigenvalue weighted by molar-refractivity contribution is 5.64. The summed E-state index contributed by atoms with van der Waals surface area (Å²) in [5, 5.41) is 11.3. The molecule has 1 fully saturated rings. The zero-order valence-corrected chi connectivity index (χ0v) is 14.1. The minimum Gasteiger partial charge on any atom is -0.465 e. The Morgan fingerprint density at radius 2 is 2.04 bits per heavy atom. The van der Waals surface area contributed by atoms with E-state index in [1.54, 1.807) is 0 Å². The quantitative estimate of drug-likeness (QED) is 0.716. The Kier molecular flexibility index (Phi) is 6.99. The van der Waals surface area contributed by atoms with Gasteiger partial charge in [0.1, 0.15) is 6.10 Å². The lowest BCUT2D eigenvalue weighted by molar-refractivity contribution is -0.145. The van der Waals surface area contributed by atoms with Gasteiger partial charge in [-0.3, -0.25) is 0 Å². The van der Waals surface area contributed by atoms with Gasteiger partial charge in [0.05, 0.1) is 39.1 Å². The molecular weight excluding hydrogens is 314 g/mol. The molecule has 0 bridgehead atoms. The first-order valence-corrected chi connectivity index (χ1v) is 7.95. The van der Waals surface area contributed by atoms with Crippen LogP contribution in [0.4, 0.5) is 4.79 Å². The molecule has 1 aromatic carbocycles. The highest BCUT2D eigenvalue weighted by Gasteiger charge is 2.32. The van der Waals surface area contributed by atoms with Crippen LogP contribution < -0.4 is 5.32 Å². The van der Waals surface area contributed by atoms with Crippen LogP contribution in [-0.4, -0.2) is 55.6 Å². The van der Waals surface area contributed by atoms with E-state index in [-0.39, 0.29) is 19.3 Å². The molecule has 0 aliphatic carbocycles. The first kappa shape index (κ1) is 18.7. The summed E-state index contributed by atoms with van der Waals surface area (Å²) in [4.78, 5) is 10.9. The number of hydrogen-bond acceptors (Lipinski definition) is 5. The van der Waals surface area contributed by atoms with Crippen molar-refractivity contribution in [1.29, 1.82) is 0 Å². The first-order valence-electron chi connectivity index (χ1n) is 7.95. The topological polar surface area (TPSA) is 86.2 Å². The molecule has 0 saturated carbocycles. The second-order valence-electron chi connectivity index (χ2n) is 6.14. The molecule has 1 amide bonds. The molecule has 0 spiro atoms. The van der Waals surface area contributed by atoms with Gasteiger partial charge in [0, 0.05) is 0 Å². The maximum Gasteiger partial charge on any atom is 0.405 e. The van der Waals surface area contributed by atoms with Gasteiger partial charge in [-0.15, -0.1) is 0 Å². The van der Waals surface area contributed by atoms with Gasteiger partial charge in [-0.25, -0.2) is 4.79 Å². The summed E-state index contributed by atoms with van der Waals surface area (Å²) in [5.74, 6) is -0.592. The van der Waals surface area contributed by atoms with E-state index in [4.69, 9.17) is 24.1 Å². The number of amides is 1. The maximum absolute atomic E-state index is 10.9. The SMILES string of the molecule is CC1(C)OCC(COCC(COCc2ccccc2)NC(=O)O)O1. The molecule has 0 aromatic heterocycles. The van der Waals surface area contributed by atoms with Crippen LogP contribution in [0.25, 0.3) is 0 Å². The van der Waals surface area contributed by atoms with Gasteiger partial charge >= 0.3 is 6.09 Å². The number of ether oxygens (including phenoxy) is 4. The zero-order valence-electron chi connectivity index (χ0n) is 14.1. The number of carbonyl (C=O) groups is 1. The van der Waals surface area contributed by atoms with Crippen LogP contribution in [0.3, 0.4) is 0 Å². The van der Waals surface area contributed by atoms with Crippen molar-refractivity contribution in [2.75, 3.05) is 26.4 Å². The third kappa shape index (κ3) is 6.84. The van der Waals surface area contributed by atoms with Gasteiger partial charge in [0.15, 0.2) is 5.79 Å². The molecule has 2 rings (SSSR count). The predicted molar refractivity (Wildman–Crippen MR) is 86.8 cm³/mol. The Balaban J connectivity index is 1.69. The third-order valence-corrected chi connectivity index (χ3v) is 3.45. The van der Waals surface area contributed by atoms with E-state index in [0.717, 1.165) is 5.56 Å². The minimum absolute atomic E-state index is 0.143. The molecule has 1 aliphatic rings. The van der Waals surface area contributed by atoms with Gasteiger partial charge in [0.25, 0.3) is 0 Å². The molecule has 1 aliphatic heterocycles. The molecule has 2 N–H and O–H groups in total. The molecule has 24 heavy (non-hydrogen) atoms. The highest BCUT2D eigenvalue weighted by atomic mass is 16.7. The monoisotopic (exact) mass is 339 g/mol. The summed E-state index contributed by atoms with van der Waals surface area (Å²) in [6, 6.07) is 9.26. The fourth-order valence-corrected chi connectivity index (χ4v) is 2.39. The van der Waals surface area contributed by atoms with E-state index in [0.29, 0.717) is 19.8 Å².